The number of hydrogen-bond acceptors (Lipinski definition) is 2. The number of benzene rings is 1. The Morgan fingerprint density at radius 2 is 1.82 bits per heavy atom. The minimum absolute atomic E-state index is 0.198. The third-order valence-corrected chi connectivity index (χ3v) is 3.93. The van der Waals surface area contributed by atoms with Crippen LogP contribution >= 0.6 is 11.6 Å². The highest BCUT2D eigenvalue weighted by atomic mass is 35.5. The topological polar surface area (TPSA) is 46.7 Å². The molecule has 2 N–H and O–H groups in total. The van der Waals surface area contributed by atoms with E-state index in [1.807, 2.05) is 18.2 Å². The quantitative estimate of drug-likeness (QED) is 0.822. The zero-order valence-electron chi connectivity index (χ0n) is 13.0. The molecule has 0 bridgehead atoms. The fourth-order valence-corrected chi connectivity index (χ4v) is 2.34. The summed E-state index contributed by atoms with van der Waals surface area (Å²) in [7, 11) is 0. The molecule has 0 aliphatic heterocycles. The van der Waals surface area contributed by atoms with Gasteiger partial charge in [0, 0.05) is 11.6 Å². The second-order valence-corrected chi connectivity index (χ2v) is 5.65. The SMILES string of the molecule is CC[NH+](CC)Cc1ccc(C(=O)NCc2ccc(Cl)cc2)o1. The number of carbonyl (C=O) groups is 1. The van der Waals surface area contributed by atoms with Crippen molar-refractivity contribution in [1.82, 2.24) is 5.32 Å². The van der Waals surface area contributed by atoms with Crippen LogP contribution in [0.5, 0.6) is 0 Å². The normalized spacial score (nSPS) is 10.9. The summed E-state index contributed by atoms with van der Waals surface area (Å²) in [6.07, 6.45) is 0. The highest BCUT2D eigenvalue weighted by molar-refractivity contribution is 6.30. The average molecular weight is 322 g/mol. The van der Waals surface area contributed by atoms with Crippen LogP contribution in [0.25, 0.3) is 0 Å². The highest BCUT2D eigenvalue weighted by Crippen LogP contribution is 2.10. The fourth-order valence-electron chi connectivity index (χ4n) is 2.21. The van der Waals surface area contributed by atoms with E-state index in [2.05, 4.69) is 19.2 Å². The molecule has 0 saturated heterocycles. The lowest BCUT2D eigenvalue weighted by atomic mass is 10.2. The van der Waals surface area contributed by atoms with Gasteiger partial charge in [-0.1, -0.05) is 23.7 Å². The first-order valence-corrected chi connectivity index (χ1v) is 7.95. The van der Waals surface area contributed by atoms with Gasteiger partial charge in [0.05, 0.1) is 13.1 Å². The van der Waals surface area contributed by atoms with Crippen molar-refractivity contribution >= 4 is 17.5 Å². The second-order valence-electron chi connectivity index (χ2n) is 5.21. The van der Waals surface area contributed by atoms with Gasteiger partial charge >= 0.3 is 0 Å². The van der Waals surface area contributed by atoms with Crippen molar-refractivity contribution in [2.24, 2.45) is 0 Å². The molecule has 0 aliphatic carbocycles. The Morgan fingerprint density at radius 1 is 1.14 bits per heavy atom. The van der Waals surface area contributed by atoms with Crippen LogP contribution in [0.1, 0.15) is 35.7 Å². The van der Waals surface area contributed by atoms with Gasteiger partial charge in [0.1, 0.15) is 6.54 Å². The Bertz CT molecular complexity index is 603. The van der Waals surface area contributed by atoms with Crippen molar-refractivity contribution < 1.29 is 14.1 Å². The monoisotopic (exact) mass is 321 g/mol. The first kappa shape index (κ1) is 16.6. The molecule has 1 amide bonds. The van der Waals surface area contributed by atoms with Crippen molar-refractivity contribution in [1.29, 1.82) is 0 Å². The summed E-state index contributed by atoms with van der Waals surface area (Å²) in [4.78, 5) is 13.5. The summed E-state index contributed by atoms with van der Waals surface area (Å²) in [5.74, 6) is 1.00. The summed E-state index contributed by atoms with van der Waals surface area (Å²) < 4.78 is 5.63. The van der Waals surface area contributed by atoms with Crippen molar-refractivity contribution in [2.45, 2.75) is 26.9 Å². The third-order valence-electron chi connectivity index (χ3n) is 3.68. The van der Waals surface area contributed by atoms with Crippen LogP contribution in [0.4, 0.5) is 0 Å². The van der Waals surface area contributed by atoms with Gasteiger partial charge in [-0.25, -0.2) is 0 Å². The maximum Gasteiger partial charge on any atom is 0.287 e. The maximum atomic E-state index is 12.1. The van der Waals surface area contributed by atoms with E-state index in [1.165, 1.54) is 4.90 Å². The lowest BCUT2D eigenvalue weighted by Crippen LogP contribution is -3.10. The van der Waals surface area contributed by atoms with Gasteiger partial charge in [-0.3, -0.25) is 4.79 Å². The van der Waals surface area contributed by atoms with Crippen LogP contribution in [0, 0.1) is 0 Å². The Labute approximate surface area is 136 Å². The molecular weight excluding hydrogens is 300 g/mol. The number of amides is 1. The van der Waals surface area contributed by atoms with Gasteiger partial charge in [0.15, 0.2) is 11.5 Å². The van der Waals surface area contributed by atoms with Crippen molar-refractivity contribution in [2.75, 3.05) is 13.1 Å². The van der Waals surface area contributed by atoms with E-state index in [4.69, 9.17) is 16.0 Å². The molecule has 0 fully saturated rings. The molecule has 1 aromatic heterocycles. The number of furan rings is 1. The van der Waals surface area contributed by atoms with E-state index in [0.29, 0.717) is 17.3 Å². The molecule has 118 valence electrons. The minimum atomic E-state index is -0.198. The van der Waals surface area contributed by atoms with Crippen LogP contribution in [-0.4, -0.2) is 19.0 Å². The number of nitrogens with one attached hydrogen (secondary N) is 2. The van der Waals surface area contributed by atoms with Crippen molar-refractivity contribution in [3.05, 3.63) is 58.5 Å². The number of hydrogen-bond donors (Lipinski definition) is 2. The van der Waals surface area contributed by atoms with Crippen LogP contribution in [0.2, 0.25) is 5.02 Å². The first-order valence-electron chi connectivity index (χ1n) is 7.57. The van der Waals surface area contributed by atoms with Crippen LogP contribution < -0.4 is 10.2 Å². The maximum absolute atomic E-state index is 12.1. The molecule has 4 nitrogen and oxygen atoms in total. The van der Waals surface area contributed by atoms with Crippen molar-refractivity contribution in [3.8, 4) is 0 Å². The Balaban J connectivity index is 1.90. The molecule has 0 saturated carbocycles. The molecule has 0 aliphatic rings. The molecule has 5 heteroatoms. The molecule has 0 unspecified atom stereocenters. The molecule has 0 radical (unpaired) electrons. The number of carbonyl (C=O) groups excluding carboxylic acids is 1. The largest absolute Gasteiger partial charge is 0.450 e. The van der Waals surface area contributed by atoms with E-state index >= 15 is 0 Å². The van der Waals surface area contributed by atoms with Gasteiger partial charge in [-0.15, -0.1) is 0 Å². The molecule has 1 heterocycles. The van der Waals surface area contributed by atoms with Crippen LogP contribution in [0.3, 0.4) is 0 Å². The molecular formula is C17H22ClN2O2+. The van der Waals surface area contributed by atoms with E-state index in [0.717, 1.165) is 31.0 Å². The van der Waals surface area contributed by atoms with Gasteiger partial charge < -0.3 is 14.6 Å². The van der Waals surface area contributed by atoms with E-state index in [-0.39, 0.29) is 5.91 Å². The fraction of sp³-hybridized carbons (Fsp3) is 0.353. The zero-order valence-corrected chi connectivity index (χ0v) is 13.7. The lowest BCUT2D eigenvalue weighted by Gasteiger charge is -2.13. The predicted molar refractivity (Wildman–Crippen MR) is 87.1 cm³/mol. The highest BCUT2D eigenvalue weighted by Gasteiger charge is 2.13. The molecule has 2 rings (SSSR count). The molecule has 22 heavy (non-hydrogen) atoms. The van der Waals surface area contributed by atoms with Crippen LogP contribution in [0.15, 0.2) is 40.8 Å². The Kier molecular flexibility index (Phi) is 6.04. The smallest absolute Gasteiger partial charge is 0.287 e. The summed E-state index contributed by atoms with van der Waals surface area (Å²) in [6, 6.07) is 11.0. The first-order chi connectivity index (χ1) is 10.6. The van der Waals surface area contributed by atoms with Crippen molar-refractivity contribution in [3.63, 3.8) is 0 Å². The minimum Gasteiger partial charge on any atom is -0.450 e. The summed E-state index contributed by atoms with van der Waals surface area (Å²) >= 11 is 5.83. The number of rotatable bonds is 7. The summed E-state index contributed by atoms with van der Waals surface area (Å²) in [6.45, 7) is 7.61. The number of halogens is 1. The molecule has 1 aromatic carbocycles. The predicted octanol–water partition coefficient (Wildman–Crippen LogP) is 2.29. The van der Waals surface area contributed by atoms with E-state index in [9.17, 15) is 4.79 Å². The molecule has 2 aromatic rings. The van der Waals surface area contributed by atoms with Gasteiger partial charge in [0.2, 0.25) is 0 Å². The lowest BCUT2D eigenvalue weighted by molar-refractivity contribution is -0.911. The van der Waals surface area contributed by atoms with Gasteiger partial charge in [0.25, 0.3) is 5.91 Å². The Hall–Kier alpha value is -1.78. The Morgan fingerprint density at radius 3 is 2.45 bits per heavy atom. The molecule has 0 atom stereocenters. The average Bonchev–Trinajstić information content (AvgIpc) is 3.00. The number of quaternary nitrogens is 1. The summed E-state index contributed by atoms with van der Waals surface area (Å²) in [5, 5.41) is 3.53. The van der Waals surface area contributed by atoms with Crippen LogP contribution in [-0.2, 0) is 13.1 Å². The summed E-state index contributed by atoms with van der Waals surface area (Å²) in [5.41, 5.74) is 0.997. The van der Waals surface area contributed by atoms with E-state index in [1.54, 1.807) is 18.2 Å². The standard InChI is InChI=1S/C17H21ClN2O2/c1-3-20(4-2)12-15-9-10-16(22-15)17(21)19-11-13-5-7-14(18)8-6-13/h5-10H,3-4,11-12H2,1-2H3,(H,19,21)/p+1. The molecule has 0 spiro atoms. The van der Waals surface area contributed by atoms with Gasteiger partial charge in [-0.2, -0.15) is 0 Å². The van der Waals surface area contributed by atoms with E-state index < -0.39 is 0 Å². The van der Waals surface area contributed by atoms with Gasteiger partial charge in [-0.05, 0) is 43.7 Å². The second kappa shape index (κ2) is 8.01. The zero-order chi connectivity index (χ0) is 15.9. The third kappa shape index (κ3) is 4.61.